The highest BCUT2D eigenvalue weighted by atomic mass is 32.1. The maximum atomic E-state index is 11.7. The lowest BCUT2D eigenvalue weighted by atomic mass is 10.3. The normalized spacial score (nSPS) is 10.7. The van der Waals surface area contributed by atoms with Crippen molar-refractivity contribution in [2.75, 3.05) is 11.9 Å². The number of aryl methyl sites for hydroxylation is 1. The molecule has 8 heteroatoms. The molecule has 2 amide bonds. The van der Waals surface area contributed by atoms with Crippen molar-refractivity contribution >= 4 is 40.2 Å². The Morgan fingerprint density at radius 1 is 1.35 bits per heavy atom. The van der Waals surface area contributed by atoms with Crippen LogP contribution < -0.4 is 11.1 Å². The van der Waals surface area contributed by atoms with Crippen LogP contribution in [0.1, 0.15) is 21.9 Å². The first-order chi connectivity index (χ1) is 11.0. The van der Waals surface area contributed by atoms with Crippen molar-refractivity contribution in [3.8, 4) is 0 Å². The second-order valence-electron chi connectivity index (χ2n) is 4.47. The first-order valence-electron chi connectivity index (χ1n) is 6.54. The molecule has 0 aliphatic carbocycles. The Bertz CT molecular complexity index is 760. The third-order valence-corrected chi connectivity index (χ3v) is 3.50. The van der Waals surface area contributed by atoms with Crippen LogP contribution >= 0.6 is 11.3 Å². The fourth-order valence-corrected chi connectivity index (χ4v) is 2.45. The zero-order valence-corrected chi connectivity index (χ0v) is 13.0. The van der Waals surface area contributed by atoms with Crippen molar-refractivity contribution in [2.45, 2.75) is 6.92 Å². The average Bonchev–Trinajstić information content (AvgIpc) is 3.12. The zero-order chi connectivity index (χ0) is 16.8. The summed E-state index contributed by atoms with van der Waals surface area (Å²) in [7, 11) is 0. The molecule has 0 atom stereocenters. The van der Waals surface area contributed by atoms with E-state index in [0.29, 0.717) is 10.8 Å². The summed E-state index contributed by atoms with van der Waals surface area (Å²) in [5.74, 6) is -0.663. The van der Waals surface area contributed by atoms with E-state index in [4.69, 9.17) is 14.9 Å². The maximum absolute atomic E-state index is 11.7. The molecule has 2 rings (SSSR count). The summed E-state index contributed by atoms with van der Waals surface area (Å²) in [5.41, 5.74) is 5.38. The lowest BCUT2D eigenvalue weighted by molar-refractivity contribution is -0.142. The van der Waals surface area contributed by atoms with Gasteiger partial charge in [0, 0.05) is 6.08 Å². The summed E-state index contributed by atoms with van der Waals surface area (Å²) in [6, 6.07) is 4.96. The van der Waals surface area contributed by atoms with Crippen molar-refractivity contribution in [1.29, 1.82) is 0 Å². The van der Waals surface area contributed by atoms with Crippen LogP contribution in [0.4, 0.5) is 5.00 Å². The topological polar surface area (TPSA) is 112 Å². The number of amides is 2. The van der Waals surface area contributed by atoms with Crippen molar-refractivity contribution < 1.29 is 23.5 Å². The van der Waals surface area contributed by atoms with Gasteiger partial charge in [0.2, 0.25) is 0 Å². The van der Waals surface area contributed by atoms with Gasteiger partial charge >= 0.3 is 5.97 Å². The van der Waals surface area contributed by atoms with Crippen LogP contribution in [0.2, 0.25) is 0 Å². The quantitative estimate of drug-likeness (QED) is 0.619. The predicted molar refractivity (Wildman–Crippen MR) is 84.9 cm³/mol. The highest BCUT2D eigenvalue weighted by Crippen LogP contribution is 2.22. The second kappa shape index (κ2) is 7.41. The number of nitrogens with two attached hydrogens (primary N) is 1. The van der Waals surface area contributed by atoms with Gasteiger partial charge in [0.05, 0.1) is 5.56 Å². The molecule has 3 N–H and O–H groups in total. The Kier molecular flexibility index (Phi) is 5.32. The third-order valence-electron chi connectivity index (χ3n) is 2.67. The van der Waals surface area contributed by atoms with Crippen LogP contribution in [0.15, 0.2) is 34.1 Å². The van der Waals surface area contributed by atoms with Gasteiger partial charge in [0.15, 0.2) is 6.61 Å². The molecule has 0 bridgehead atoms. The SMILES string of the molecule is Cc1ccc(C=CC(=O)OCC(=O)Nc2sccc2C(N)=O)o1. The number of nitrogens with one attached hydrogen (secondary N) is 1. The highest BCUT2D eigenvalue weighted by Gasteiger charge is 2.13. The third kappa shape index (κ3) is 4.82. The maximum Gasteiger partial charge on any atom is 0.331 e. The molecule has 0 aliphatic heterocycles. The smallest absolute Gasteiger partial charge is 0.331 e. The fourth-order valence-electron chi connectivity index (χ4n) is 1.64. The molecule has 2 heterocycles. The van der Waals surface area contributed by atoms with Gasteiger partial charge in [-0.3, -0.25) is 9.59 Å². The summed E-state index contributed by atoms with van der Waals surface area (Å²) in [4.78, 5) is 34.3. The van der Waals surface area contributed by atoms with Crippen LogP contribution in [0.3, 0.4) is 0 Å². The molecular weight excluding hydrogens is 320 g/mol. The average molecular weight is 334 g/mol. The van der Waals surface area contributed by atoms with Crippen LogP contribution in [-0.2, 0) is 14.3 Å². The summed E-state index contributed by atoms with van der Waals surface area (Å²) >= 11 is 1.15. The summed E-state index contributed by atoms with van der Waals surface area (Å²) in [6.45, 7) is 1.31. The number of anilines is 1. The van der Waals surface area contributed by atoms with Crippen LogP contribution in [-0.4, -0.2) is 24.4 Å². The lowest BCUT2D eigenvalue weighted by Gasteiger charge is -2.04. The predicted octanol–water partition coefficient (Wildman–Crippen LogP) is 1.94. The minimum Gasteiger partial charge on any atom is -0.462 e. The van der Waals surface area contributed by atoms with Crippen LogP contribution in [0.5, 0.6) is 0 Å². The number of carbonyl (C=O) groups is 3. The molecule has 7 nitrogen and oxygen atoms in total. The molecule has 0 saturated heterocycles. The van der Waals surface area contributed by atoms with E-state index in [9.17, 15) is 14.4 Å². The van der Waals surface area contributed by atoms with Crippen molar-refractivity contribution in [2.24, 2.45) is 5.73 Å². The molecule has 0 unspecified atom stereocenters. The van der Waals surface area contributed by atoms with Gasteiger partial charge in [-0.05, 0) is 36.6 Å². The number of esters is 1. The molecule has 2 aromatic heterocycles. The largest absolute Gasteiger partial charge is 0.462 e. The molecule has 23 heavy (non-hydrogen) atoms. The molecule has 0 aromatic carbocycles. The van der Waals surface area contributed by atoms with E-state index in [2.05, 4.69) is 5.32 Å². The van der Waals surface area contributed by atoms with Gasteiger partial charge in [-0.25, -0.2) is 4.79 Å². The van der Waals surface area contributed by atoms with Crippen LogP contribution in [0, 0.1) is 6.92 Å². The minimum atomic E-state index is -0.685. The van der Waals surface area contributed by atoms with Gasteiger partial charge in [-0.15, -0.1) is 11.3 Å². The zero-order valence-electron chi connectivity index (χ0n) is 12.2. The number of rotatable bonds is 6. The molecule has 0 aliphatic rings. The molecule has 0 radical (unpaired) electrons. The Labute approximate surface area is 135 Å². The van der Waals surface area contributed by atoms with Crippen molar-refractivity contribution in [1.82, 2.24) is 0 Å². The first kappa shape index (κ1) is 16.5. The molecule has 0 fully saturated rings. The number of hydrogen-bond acceptors (Lipinski definition) is 6. The molecular formula is C15H14N2O5S. The molecule has 120 valence electrons. The standard InChI is InChI=1S/C15H14N2O5S/c1-9-2-3-10(22-9)4-5-13(19)21-8-12(18)17-15-11(14(16)20)6-7-23-15/h2-7H,8H2,1H3,(H2,16,20)(H,17,18). The number of primary amides is 1. The van der Waals surface area contributed by atoms with Gasteiger partial charge in [-0.2, -0.15) is 0 Å². The van der Waals surface area contributed by atoms with E-state index in [-0.39, 0.29) is 5.56 Å². The number of hydrogen-bond donors (Lipinski definition) is 2. The van der Waals surface area contributed by atoms with Gasteiger partial charge < -0.3 is 20.2 Å². The first-order valence-corrected chi connectivity index (χ1v) is 7.42. The fraction of sp³-hybridized carbons (Fsp3) is 0.133. The van der Waals surface area contributed by atoms with E-state index in [1.54, 1.807) is 24.4 Å². The number of carbonyl (C=O) groups excluding carboxylic acids is 3. The van der Waals surface area contributed by atoms with Crippen molar-refractivity contribution in [3.05, 3.63) is 46.7 Å². The lowest BCUT2D eigenvalue weighted by Crippen LogP contribution is -2.21. The van der Waals surface area contributed by atoms with E-state index < -0.39 is 24.4 Å². The van der Waals surface area contributed by atoms with E-state index in [1.807, 2.05) is 0 Å². The Hall–Kier alpha value is -2.87. The monoisotopic (exact) mass is 334 g/mol. The van der Waals surface area contributed by atoms with Gasteiger partial charge in [0.1, 0.15) is 16.5 Å². The van der Waals surface area contributed by atoms with Gasteiger partial charge in [0.25, 0.3) is 11.8 Å². The van der Waals surface area contributed by atoms with Crippen molar-refractivity contribution in [3.63, 3.8) is 0 Å². The molecule has 2 aromatic rings. The minimum absolute atomic E-state index is 0.211. The number of ether oxygens (including phenoxy) is 1. The summed E-state index contributed by atoms with van der Waals surface area (Å²) in [5, 5.41) is 4.40. The Balaban J connectivity index is 1.82. The van der Waals surface area contributed by atoms with E-state index >= 15 is 0 Å². The Morgan fingerprint density at radius 2 is 2.13 bits per heavy atom. The highest BCUT2D eigenvalue weighted by molar-refractivity contribution is 7.14. The second-order valence-corrected chi connectivity index (χ2v) is 5.38. The number of furan rings is 1. The van der Waals surface area contributed by atoms with Crippen LogP contribution in [0.25, 0.3) is 6.08 Å². The summed E-state index contributed by atoms with van der Waals surface area (Å²) in [6.07, 6.45) is 2.60. The Morgan fingerprint density at radius 3 is 2.78 bits per heavy atom. The van der Waals surface area contributed by atoms with E-state index in [0.717, 1.165) is 23.2 Å². The van der Waals surface area contributed by atoms with E-state index in [1.165, 1.54) is 12.1 Å². The van der Waals surface area contributed by atoms with Gasteiger partial charge in [-0.1, -0.05) is 0 Å². The summed E-state index contributed by atoms with van der Waals surface area (Å²) < 4.78 is 10.0. The molecule has 0 saturated carbocycles. The number of thiophene rings is 1. The molecule has 0 spiro atoms.